The number of hydrogen-bond acceptors (Lipinski definition) is 3. The Bertz CT molecular complexity index is 1300. The molecule has 0 bridgehead atoms. The zero-order chi connectivity index (χ0) is 22.1. The van der Waals surface area contributed by atoms with E-state index in [1.165, 1.54) is 54.1 Å². The second-order valence-corrected chi connectivity index (χ2v) is 9.92. The molecule has 0 spiro atoms. The second-order valence-electron chi connectivity index (χ2n) is 8.83. The van der Waals surface area contributed by atoms with Crippen LogP contribution in [-0.4, -0.2) is 22.5 Å². The van der Waals surface area contributed by atoms with Gasteiger partial charge in [-0.05, 0) is 68.7 Å². The average Bonchev–Trinajstić information content (AvgIpc) is 3.43. The Morgan fingerprint density at radius 3 is 2.53 bits per heavy atom. The molecule has 1 saturated carbocycles. The molecule has 1 aromatic carbocycles. The highest BCUT2D eigenvalue weighted by molar-refractivity contribution is 7.16. The third-order valence-corrected chi connectivity index (χ3v) is 7.43. The number of benzene rings is 1. The van der Waals surface area contributed by atoms with Crippen molar-refractivity contribution >= 4 is 22.8 Å². The fourth-order valence-electron chi connectivity index (χ4n) is 4.83. The number of rotatable bonds is 3. The topological polar surface area (TPSA) is 20.5 Å². The first-order chi connectivity index (χ1) is 15.6. The van der Waals surface area contributed by atoms with Gasteiger partial charge in [0.2, 0.25) is 0 Å². The number of hydrogen-bond donors (Lipinski definition) is 0. The molecule has 3 aromatic heterocycles. The molecule has 1 aliphatic carbocycles. The molecule has 3 nitrogen and oxygen atoms in total. The quantitative estimate of drug-likeness (QED) is 0.325. The molecule has 0 unspecified atom stereocenters. The minimum Gasteiger partial charge on any atom is -0.356 e. The highest BCUT2D eigenvalue weighted by Crippen LogP contribution is 2.38. The summed E-state index contributed by atoms with van der Waals surface area (Å²) >= 11 is 1.73. The molecule has 0 atom stereocenters. The van der Waals surface area contributed by atoms with Crippen LogP contribution in [0, 0.1) is 25.7 Å². The molecule has 32 heavy (non-hydrogen) atoms. The third kappa shape index (κ3) is 4.06. The molecule has 0 amide bonds. The van der Waals surface area contributed by atoms with Crippen molar-refractivity contribution in [3.8, 4) is 22.4 Å². The Morgan fingerprint density at radius 1 is 0.969 bits per heavy atom. The van der Waals surface area contributed by atoms with Crippen LogP contribution in [-0.2, 0) is 0 Å². The van der Waals surface area contributed by atoms with Crippen LogP contribution >= 0.6 is 11.3 Å². The number of aryl methyl sites for hydroxylation is 2. The van der Waals surface area contributed by atoms with Crippen LogP contribution in [0.2, 0.25) is 0 Å². The Labute approximate surface area is 194 Å². The summed E-state index contributed by atoms with van der Waals surface area (Å²) in [6.07, 6.45) is 6.50. The van der Waals surface area contributed by atoms with Crippen molar-refractivity contribution in [2.75, 3.05) is 11.9 Å². The summed E-state index contributed by atoms with van der Waals surface area (Å²) in [6, 6.07) is 19.5. The standard InChI is InChI=1S/C28H29N3S/c1-20-18-21(2)31-26(19-20)29-27(28(31)30(3)23-12-8-5-9-13-23)25-17-16-24(32-25)15-14-22-10-6-4-7-11-22/h4,6-7,10-11,16-19,23H,5,8-9,12-13H2,1-3H3. The van der Waals surface area contributed by atoms with Gasteiger partial charge in [0, 0.05) is 24.3 Å². The molecule has 162 valence electrons. The van der Waals surface area contributed by atoms with E-state index in [4.69, 9.17) is 4.98 Å². The predicted molar refractivity (Wildman–Crippen MR) is 136 cm³/mol. The maximum atomic E-state index is 5.14. The SMILES string of the molecule is Cc1cc(C)n2c(N(C)C3CCCCC3)c(-c3ccc(C#Cc4ccccc4)s3)nc2c1. The van der Waals surface area contributed by atoms with Crippen molar-refractivity contribution < 1.29 is 0 Å². The first-order valence-electron chi connectivity index (χ1n) is 11.5. The van der Waals surface area contributed by atoms with Gasteiger partial charge < -0.3 is 4.90 Å². The predicted octanol–water partition coefficient (Wildman–Crippen LogP) is 6.85. The molecule has 3 heterocycles. The first kappa shape index (κ1) is 20.8. The van der Waals surface area contributed by atoms with Crippen molar-refractivity contribution in [3.63, 3.8) is 0 Å². The summed E-state index contributed by atoms with van der Waals surface area (Å²) in [5, 5.41) is 0. The largest absolute Gasteiger partial charge is 0.356 e. The molecule has 0 aliphatic heterocycles. The summed E-state index contributed by atoms with van der Waals surface area (Å²) in [5.41, 5.74) is 5.63. The summed E-state index contributed by atoms with van der Waals surface area (Å²) in [5.74, 6) is 7.84. The van der Waals surface area contributed by atoms with E-state index in [2.05, 4.69) is 66.3 Å². The van der Waals surface area contributed by atoms with E-state index in [-0.39, 0.29) is 0 Å². The van der Waals surface area contributed by atoms with Crippen LogP contribution in [0.5, 0.6) is 0 Å². The summed E-state index contributed by atoms with van der Waals surface area (Å²) < 4.78 is 2.34. The first-order valence-corrected chi connectivity index (χ1v) is 12.3. The van der Waals surface area contributed by atoms with Gasteiger partial charge in [0.15, 0.2) is 0 Å². The highest BCUT2D eigenvalue weighted by atomic mass is 32.1. The lowest BCUT2D eigenvalue weighted by Crippen LogP contribution is -2.34. The number of pyridine rings is 1. The van der Waals surface area contributed by atoms with E-state index in [0.29, 0.717) is 6.04 Å². The van der Waals surface area contributed by atoms with Gasteiger partial charge >= 0.3 is 0 Å². The Hall–Kier alpha value is -3.03. The number of imidazole rings is 1. The van der Waals surface area contributed by atoms with Crippen molar-refractivity contribution in [1.29, 1.82) is 0 Å². The molecule has 4 heteroatoms. The second kappa shape index (κ2) is 8.84. The Kier molecular flexibility index (Phi) is 5.76. The van der Waals surface area contributed by atoms with Gasteiger partial charge in [-0.3, -0.25) is 4.40 Å². The summed E-state index contributed by atoms with van der Waals surface area (Å²) in [6.45, 7) is 4.34. The lowest BCUT2D eigenvalue weighted by molar-refractivity contribution is 0.425. The van der Waals surface area contributed by atoms with Crippen molar-refractivity contribution in [2.24, 2.45) is 0 Å². The van der Waals surface area contributed by atoms with E-state index in [0.717, 1.165) is 21.8 Å². The van der Waals surface area contributed by atoms with Crippen LogP contribution in [0.4, 0.5) is 5.82 Å². The summed E-state index contributed by atoms with van der Waals surface area (Å²) in [4.78, 5) is 9.88. The normalized spacial score (nSPS) is 14.3. The van der Waals surface area contributed by atoms with E-state index >= 15 is 0 Å². The van der Waals surface area contributed by atoms with Crippen LogP contribution < -0.4 is 4.90 Å². The van der Waals surface area contributed by atoms with Crippen LogP contribution in [0.1, 0.15) is 53.8 Å². The minimum atomic E-state index is 0.570. The number of thiophene rings is 1. The van der Waals surface area contributed by atoms with E-state index in [1.54, 1.807) is 11.3 Å². The maximum absolute atomic E-state index is 5.14. The van der Waals surface area contributed by atoms with Gasteiger partial charge in [-0.25, -0.2) is 4.98 Å². The average molecular weight is 440 g/mol. The summed E-state index contributed by atoms with van der Waals surface area (Å²) in [7, 11) is 2.26. The molecule has 5 rings (SSSR count). The van der Waals surface area contributed by atoms with Crippen LogP contribution in [0.25, 0.3) is 16.2 Å². The maximum Gasteiger partial charge on any atom is 0.142 e. The molecule has 0 saturated heterocycles. The minimum absolute atomic E-state index is 0.570. The van der Waals surface area contributed by atoms with Crippen LogP contribution in [0.3, 0.4) is 0 Å². The number of aromatic nitrogens is 2. The number of anilines is 1. The highest BCUT2D eigenvalue weighted by Gasteiger charge is 2.26. The number of fused-ring (bicyclic) bond motifs is 1. The zero-order valence-corrected chi connectivity index (χ0v) is 19.9. The van der Waals surface area contributed by atoms with E-state index in [9.17, 15) is 0 Å². The van der Waals surface area contributed by atoms with E-state index < -0.39 is 0 Å². The molecule has 1 aliphatic rings. The zero-order valence-electron chi connectivity index (χ0n) is 19.1. The lowest BCUT2D eigenvalue weighted by atomic mass is 9.94. The molecular weight excluding hydrogens is 410 g/mol. The van der Waals surface area contributed by atoms with Crippen molar-refractivity contribution in [1.82, 2.24) is 9.38 Å². The van der Waals surface area contributed by atoms with Crippen molar-refractivity contribution in [3.05, 3.63) is 76.3 Å². The fourth-order valence-corrected chi connectivity index (χ4v) is 5.68. The molecule has 1 fully saturated rings. The van der Waals surface area contributed by atoms with Gasteiger partial charge in [0.1, 0.15) is 17.2 Å². The van der Waals surface area contributed by atoms with Gasteiger partial charge in [-0.15, -0.1) is 11.3 Å². The van der Waals surface area contributed by atoms with Crippen LogP contribution in [0.15, 0.2) is 54.6 Å². The number of nitrogens with zero attached hydrogens (tertiary/aromatic N) is 3. The van der Waals surface area contributed by atoms with Crippen molar-refractivity contribution in [2.45, 2.75) is 52.0 Å². The lowest BCUT2D eigenvalue weighted by Gasteiger charge is -2.33. The Morgan fingerprint density at radius 2 is 1.75 bits per heavy atom. The molecule has 4 aromatic rings. The van der Waals surface area contributed by atoms with Gasteiger partial charge in [0.05, 0.1) is 9.75 Å². The van der Waals surface area contributed by atoms with Gasteiger partial charge in [-0.2, -0.15) is 0 Å². The third-order valence-electron chi connectivity index (χ3n) is 6.42. The van der Waals surface area contributed by atoms with E-state index in [1.807, 2.05) is 30.3 Å². The molecular formula is C28H29N3S. The molecule has 0 radical (unpaired) electrons. The Balaban J connectivity index is 1.59. The fraction of sp³-hybridized carbons (Fsp3) is 0.321. The monoisotopic (exact) mass is 439 g/mol. The van der Waals surface area contributed by atoms with Gasteiger partial charge in [0.25, 0.3) is 0 Å². The molecule has 0 N–H and O–H groups in total. The smallest absolute Gasteiger partial charge is 0.142 e. The van der Waals surface area contributed by atoms with Gasteiger partial charge in [-0.1, -0.05) is 49.3 Å².